The van der Waals surface area contributed by atoms with E-state index in [2.05, 4.69) is 48.5 Å². The molecule has 0 saturated heterocycles. The standard InChI is InChI=1S/C25H32O2/c26-24-13-11-18(16-22(24)20-7-3-1-4-8-20)15-19-12-14-25(27)23(17-19)21-9-5-2-6-10-21/h1-10,18-19,22-27H,11-17H2. The van der Waals surface area contributed by atoms with Crippen LogP contribution < -0.4 is 0 Å². The molecule has 0 heterocycles. The minimum atomic E-state index is -0.200. The highest BCUT2D eigenvalue weighted by Crippen LogP contribution is 2.44. The predicted octanol–water partition coefficient (Wildman–Crippen LogP) is 5.27. The number of rotatable bonds is 4. The summed E-state index contributed by atoms with van der Waals surface area (Å²) in [5.74, 6) is 1.94. The quantitative estimate of drug-likeness (QED) is 0.776. The van der Waals surface area contributed by atoms with Crippen LogP contribution in [0.1, 0.15) is 67.9 Å². The molecule has 2 aromatic carbocycles. The summed E-state index contributed by atoms with van der Waals surface area (Å²) in [6.07, 6.45) is 7.15. The Hall–Kier alpha value is -1.64. The minimum Gasteiger partial charge on any atom is -0.392 e. The topological polar surface area (TPSA) is 40.5 Å². The van der Waals surface area contributed by atoms with Gasteiger partial charge in [-0.25, -0.2) is 0 Å². The SMILES string of the molecule is OC1CCC(CC2CCC(O)C(c3ccccc3)C2)CC1c1ccccc1. The Morgan fingerprint density at radius 1 is 0.593 bits per heavy atom. The van der Waals surface area contributed by atoms with Crippen molar-refractivity contribution in [3.63, 3.8) is 0 Å². The van der Waals surface area contributed by atoms with Gasteiger partial charge in [-0.15, -0.1) is 0 Å². The van der Waals surface area contributed by atoms with Crippen LogP contribution in [0.5, 0.6) is 0 Å². The van der Waals surface area contributed by atoms with Gasteiger partial charge < -0.3 is 10.2 Å². The average Bonchev–Trinajstić information content (AvgIpc) is 2.72. The number of hydrogen-bond donors (Lipinski definition) is 2. The van der Waals surface area contributed by atoms with Crippen molar-refractivity contribution in [2.45, 2.75) is 69.0 Å². The van der Waals surface area contributed by atoms with E-state index in [-0.39, 0.29) is 24.0 Å². The zero-order valence-corrected chi connectivity index (χ0v) is 16.1. The van der Waals surface area contributed by atoms with Gasteiger partial charge in [-0.3, -0.25) is 0 Å². The molecule has 2 nitrogen and oxygen atoms in total. The highest BCUT2D eigenvalue weighted by molar-refractivity contribution is 5.22. The molecule has 144 valence electrons. The summed E-state index contributed by atoms with van der Waals surface area (Å²) < 4.78 is 0. The van der Waals surface area contributed by atoms with E-state index in [1.165, 1.54) is 17.5 Å². The van der Waals surface area contributed by atoms with Crippen molar-refractivity contribution in [2.24, 2.45) is 11.8 Å². The molecular weight excluding hydrogens is 332 g/mol. The summed E-state index contributed by atoms with van der Waals surface area (Å²) in [7, 11) is 0. The van der Waals surface area contributed by atoms with Gasteiger partial charge in [0, 0.05) is 11.8 Å². The van der Waals surface area contributed by atoms with E-state index in [9.17, 15) is 10.2 Å². The van der Waals surface area contributed by atoms with E-state index in [4.69, 9.17) is 0 Å². The first-order chi connectivity index (χ1) is 13.2. The van der Waals surface area contributed by atoms with Gasteiger partial charge in [-0.05, 0) is 67.9 Å². The van der Waals surface area contributed by atoms with Crippen LogP contribution >= 0.6 is 0 Å². The van der Waals surface area contributed by atoms with Gasteiger partial charge in [0.15, 0.2) is 0 Å². The first-order valence-corrected chi connectivity index (χ1v) is 10.7. The molecule has 27 heavy (non-hydrogen) atoms. The van der Waals surface area contributed by atoms with Gasteiger partial charge in [0.25, 0.3) is 0 Å². The molecule has 2 saturated carbocycles. The smallest absolute Gasteiger partial charge is 0.0608 e. The normalized spacial score (nSPS) is 34.3. The van der Waals surface area contributed by atoms with E-state index in [0.717, 1.165) is 38.5 Å². The Morgan fingerprint density at radius 2 is 1.00 bits per heavy atom. The average molecular weight is 365 g/mol. The van der Waals surface area contributed by atoms with Crippen LogP contribution in [-0.2, 0) is 0 Å². The maximum atomic E-state index is 10.5. The van der Waals surface area contributed by atoms with E-state index in [0.29, 0.717) is 11.8 Å². The molecule has 2 N–H and O–H groups in total. The molecule has 0 amide bonds. The van der Waals surface area contributed by atoms with Crippen molar-refractivity contribution in [3.05, 3.63) is 71.8 Å². The molecule has 6 atom stereocenters. The van der Waals surface area contributed by atoms with Crippen LogP contribution in [0.25, 0.3) is 0 Å². The molecule has 2 heteroatoms. The summed E-state index contributed by atoms with van der Waals surface area (Å²) in [4.78, 5) is 0. The third-order valence-corrected chi connectivity index (χ3v) is 6.97. The highest BCUT2D eigenvalue weighted by atomic mass is 16.3. The minimum absolute atomic E-state index is 0.200. The third-order valence-electron chi connectivity index (χ3n) is 6.97. The fraction of sp³-hybridized carbons (Fsp3) is 0.520. The summed E-state index contributed by atoms with van der Waals surface area (Å²) in [6, 6.07) is 21.1. The third kappa shape index (κ3) is 4.44. The van der Waals surface area contributed by atoms with Gasteiger partial charge in [-0.1, -0.05) is 60.7 Å². The first kappa shape index (κ1) is 18.7. The molecule has 0 spiro atoms. The second-order valence-electron chi connectivity index (χ2n) is 8.76. The monoisotopic (exact) mass is 364 g/mol. The second-order valence-corrected chi connectivity index (χ2v) is 8.76. The van der Waals surface area contributed by atoms with Crippen molar-refractivity contribution >= 4 is 0 Å². The first-order valence-electron chi connectivity index (χ1n) is 10.7. The summed E-state index contributed by atoms with van der Waals surface area (Å²) >= 11 is 0. The van der Waals surface area contributed by atoms with Crippen molar-refractivity contribution < 1.29 is 10.2 Å². The van der Waals surface area contributed by atoms with Crippen molar-refractivity contribution in [1.82, 2.24) is 0 Å². The molecule has 6 unspecified atom stereocenters. The predicted molar refractivity (Wildman–Crippen MR) is 110 cm³/mol. The molecule has 2 aliphatic carbocycles. The van der Waals surface area contributed by atoms with Crippen molar-refractivity contribution in [2.75, 3.05) is 0 Å². The Bertz CT molecular complexity index is 637. The lowest BCUT2D eigenvalue weighted by atomic mass is 9.69. The molecule has 0 bridgehead atoms. The number of benzene rings is 2. The summed E-state index contributed by atoms with van der Waals surface area (Å²) in [6.45, 7) is 0. The Morgan fingerprint density at radius 3 is 1.41 bits per heavy atom. The van der Waals surface area contributed by atoms with E-state index in [1.54, 1.807) is 0 Å². The largest absolute Gasteiger partial charge is 0.392 e. The Labute approximate surface area is 163 Å². The maximum Gasteiger partial charge on any atom is 0.0608 e. The zero-order chi connectivity index (χ0) is 18.6. The molecule has 0 aromatic heterocycles. The zero-order valence-electron chi connectivity index (χ0n) is 16.1. The fourth-order valence-corrected chi connectivity index (χ4v) is 5.50. The van der Waals surface area contributed by atoms with Crippen LogP contribution in [-0.4, -0.2) is 22.4 Å². The lowest BCUT2D eigenvalue weighted by Gasteiger charge is -2.38. The summed E-state index contributed by atoms with van der Waals surface area (Å²) in [5.41, 5.74) is 2.58. The van der Waals surface area contributed by atoms with E-state index in [1.807, 2.05) is 12.1 Å². The number of aliphatic hydroxyl groups excluding tert-OH is 2. The van der Waals surface area contributed by atoms with Crippen LogP contribution in [0.15, 0.2) is 60.7 Å². The lowest BCUT2D eigenvalue weighted by molar-refractivity contribution is 0.0566. The van der Waals surface area contributed by atoms with Crippen LogP contribution in [0.2, 0.25) is 0 Å². The van der Waals surface area contributed by atoms with Crippen molar-refractivity contribution in [3.8, 4) is 0 Å². The molecule has 4 rings (SSSR count). The number of hydrogen-bond acceptors (Lipinski definition) is 2. The Kier molecular flexibility index (Phi) is 5.95. The van der Waals surface area contributed by atoms with Crippen molar-refractivity contribution in [1.29, 1.82) is 0 Å². The summed E-state index contributed by atoms with van der Waals surface area (Å²) in [5, 5.41) is 21.1. The molecule has 2 fully saturated rings. The fourth-order valence-electron chi connectivity index (χ4n) is 5.50. The molecule has 0 radical (unpaired) electrons. The van der Waals surface area contributed by atoms with Crippen LogP contribution in [0, 0.1) is 11.8 Å². The maximum absolute atomic E-state index is 10.5. The van der Waals surface area contributed by atoms with Gasteiger partial charge in [0.2, 0.25) is 0 Å². The highest BCUT2D eigenvalue weighted by Gasteiger charge is 2.35. The van der Waals surface area contributed by atoms with Crippen LogP contribution in [0.4, 0.5) is 0 Å². The van der Waals surface area contributed by atoms with E-state index >= 15 is 0 Å². The van der Waals surface area contributed by atoms with E-state index < -0.39 is 0 Å². The van der Waals surface area contributed by atoms with Gasteiger partial charge in [0.05, 0.1) is 12.2 Å². The lowest BCUT2D eigenvalue weighted by Crippen LogP contribution is -2.31. The number of aliphatic hydroxyl groups is 2. The molecule has 2 aliphatic rings. The Balaban J connectivity index is 1.40. The molecule has 0 aliphatic heterocycles. The van der Waals surface area contributed by atoms with Gasteiger partial charge in [0.1, 0.15) is 0 Å². The van der Waals surface area contributed by atoms with Crippen LogP contribution in [0.3, 0.4) is 0 Å². The van der Waals surface area contributed by atoms with Gasteiger partial charge >= 0.3 is 0 Å². The second kappa shape index (κ2) is 8.58. The molecule has 2 aromatic rings. The van der Waals surface area contributed by atoms with Gasteiger partial charge in [-0.2, -0.15) is 0 Å². The molecular formula is C25H32O2.